The zero-order valence-electron chi connectivity index (χ0n) is 10.1. The van der Waals surface area contributed by atoms with Gasteiger partial charge in [-0.2, -0.15) is 0 Å². The summed E-state index contributed by atoms with van der Waals surface area (Å²) in [5.74, 6) is 0.266. The average molecular weight is 271 g/mol. The van der Waals surface area contributed by atoms with Crippen LogP contribution in [0.1, 0.15) is 12.8 Å². The fourth-order valence-electron chi connectivity index (χ4n) is 2.05. The molecule has 0 bridgehead atoms. The van der Waals surface area contributed by atoms with Crippen molar-refractivity contribution in [1.82, 2.24) is 4.90 Å². The number of hydrogen-bond donors (Lipinski definition) is 0. The van der Waals surface area contributed by atoms with E-state index in [2.05, 4.69) is 11.9 Å². The van der Waals surface area contributed by atoms with Crippen molar-refractivity contribution < 1.29 is 9.66 Å². The first-order valence-electron chi connectivity index (χ1n) is 5.86. The topological polar surface area (TPSA) is 55.6 Å². The third kappa shape index (κ3) is 2.91. The number of nitro groups is 1. The molecule has 18 heavy (non-hydrogen) atoms. The maximum atomic E-state index is 11.0. The van der Waals surface area contributed by atoms with Crippen molar-refractivity contribution >= 4 is 17.3 Å². The van der Waals surface area contributed by atoms with Crippen molar-refractivity contribution in [1.29, 1.82) is 0 Å². The predicted octanol–water partition coefficient (Wildman–Crippen LogP) is 2.72. The predicted molar refractivity (Wildman–Crippen MR) is 69.3 cm³/mol. The summed E-state index contributed by atoms with van der Waals surface area (Å²) >= 11 is 5.84. The van der Waals surface area contributed by atoms with Gasteiger partial charge in [0.15, 0.2) is 5.75 Å². The van der Waals surface area contributed by atoms with Crippen molar-refractivity contribution in [2.45, 2.75) is 18.9 Å². The number of rotatable bonds is 3. The molecule has 0 atom stereocenters. The van der Waals surface area contributed by atoms with E-state index >= 15 is 0 Å². The van der Waals surface area contributed by atoms with Gasteiger partial charge in [-0.15, -0.1) is 0 Å². The third-order valence-electron chi connectivity index (χ3n) is 3.09. The highest BCUT2D eigenvalue weighted by Gasteiger charge is 2.24. The number of ether oxygens (including phenoxy) is 1. The highest BCUT2D eigenvalue weighted by molar-refractivity contribution is 6.32. The van der Waals surface area contributed by atoms with Gasteiger partial charge in [0.2, 0.25) is 0 Å². The molecular weight excluding hydrogens is 256 g/mol. The molecule has 1 heterocycles. The summed E-state index contributed by atoms with van der Waals surface area (Å²) in [5, 5.41) is 11.1. The number of piperidine rings is 1. The van der Waals surface area contributed by atoms with Crippen molar-refractivity contribution in [3.05, 3.63) is 33.3 Å². The smallest absolute Gasteiger partial charge is 0.329 e. The summed E-state index contributed by atoms with van der Waals surface area (Å²) in [4.78, 5) is 12.7. The maximum absolute atomic E-state index is 11.0. The Balaban J connectivity index is 2.14. The van der Waals surface area contributed by atoms with E-state index in [9.17, 15) is 10.1 Å². The molecule has 0 amide bonds. The highest BCUT2D eigenvalue weighted by atomic mass is 35.5. The minimum atomic E-state index is -0.493. The van der Waals surface area contributed by atoms with Gasteiger partial charge in [0.25, 0.3) is 0 Å². The molecule has 0 saturated carbocycles. The molecule has 6 heteroatoms. The standard InChI is InChI=1S/C12H15ClN2O3/c1-14-7-5-9(6-8-14)18-11-4-2-3-10(13)12(11)15(16)17/h2-4,9H,5-8H2,1H3. The van der Waals surface area contributed by atoms with Gasteiger partial charge in [-0.3, -0.25) is 10.1 Å². The van der Waals surface area contributed by atoms with Crippen LogP contribution in [0.15, 0.2) is 18.2 Å². The molecule has 0 N–H and O–H groups in total. The molecule has 1 aromatic rings. The van der Waals surface area contributed by atoms with Crippen molar-refractivity contribution in [3.63, 3.8) is 0 Å². The molecule has 1 aromatic carbocycles. The Morgan fingerprint density at radius 3 is 2.72 bits per heavy atom. The highest BCUT2D eigenvalue weighted by Crippen LogP contribution is 2.35. The Morgan fingerprint density at radius 2 is 2.11 bits per heavy atom. The normalized spacial score (nSPS) is 17.7. The molecule has 0 spiro atoms. The lowest BCUT2D eigenvalue weighted by Crippen LogP contribution is -2.35. The number of nitro benzene ring substituents is 1. The van der Waals surface area contributed by atoms with Gasteiger partial charge in [-0.1, -0.05) is 17.7 Å². The van der Waals surface area contributed by atoms with Crippen LogP contribution in [-0.4, -0.2) is 36.1 Å². The zero-order valence-corrected chi connectivity index (χ0v) is 10.9. The number of nitrogens with zero attached hydrogens (tertiary/aromatic N) is 2. The molecule has 1 fully saturated rings. The summed E-state index contributed by atoms with van der Waals surface area (Å²) in [6, 6.07) is 4.77. The number of likely N-dealkylation sites (tertiary alicyclic amines) is 1. The van der Waals surface area contributed by atoms with Crippen LogP contribution in [0.2, 0.25) is 5.02 Å². The van der Waals surface area contributed by atoms with Gasteiger partial charge in [0.05, 0.1) is 4.92 Å². The first kappa shape index (κ1) is 13.1. The minimum Gasteiger partial charge on any atom is -0.483 e. The molecule has 1 aliphatic heterocycles. The third-order valence-corrected chi connectivity index (χ3v) is 3.40. The maximum Gasteiger partial charge on any atom is 0.329 e. The van der Waals surface area contributed by atoms with E-state index in [-0.39, 0.29) is 22.6 Å². The first-order valence-corrected chi connectivity index (χ1v) is 6.24. The fraction of sp³-hybridized carbons (Fsp3) is 0.500. The molecule has 2 rings (SSSR count). The Morgan fingerprint density at radius 1 is 1.44 bits per heavy atom. The Bertz CT molecular complexity index is 445. The van der Waals surface area contributed by atoms with Crippen LogP contribution in [0.3, 0.4) is 0 Å². The SMILES string of the molecule is CN1CCC(Oc2cccc(Cl)c2[N+](=O)[O-])CC1. The number of hydrogen-bond acceptors (Lipinski definition) is 4. The van der Waals surface area contributed by atoms with E-state index in [0.29, 0.717) is 0 Å². The quantitative estimate of drug-likeness (QED) is 0.626. The molecule has 1 aliphatic rings. The van der Waals surface area contributed by atoms with Crippen LogP contribution in [0.25, 0.3) is 0 Å². The molecule has 0 aliphatic carbocycles. The number of benzene rings is 1. The van der Waals surface area contributed by atoms with Crippen molar-refractivity contribution in [2.75, 3.05) is 20.1 Å². The monoisotopic (exact) mass is 270 g/mol. The summed E-state index contributed by atoms with van der Waals surface area (Å²) in [5.41, 5.74) is -0.141. The Labute approximate surface area is 110 Å². The van der Waals surface area contributed by atoms with Gasteiger partial charge in [0.1, 0.15) is 11.1 Å². The molecule has 98 valence electrons. The van der Waals surface area contributed by atoms with E-state index in [1.807, 2.05) is 0 Å². The van der Waals surface area contributed by atoms with Crippen LogP contribution in [0.5, 0.6) is 5.75 Å². The molecule has 0 radical (unpaired) electrons. The zero-order chi connectivity index (χ0) is 13.1. The van der Waals surface area contributed by atoms with E-state index in [4.69, 9.17) is 16.3 Å². The molecule has 0 aromatic heterocycles. The van der Waals surface area contributed by atoms with E-state index in [0.717, 1.165) is 25.9 Å². The lowest BCUT2D eigenvalue weighted by molar-refractivity contribution is -0.385. The van der Waals surface area contributed by atoms with Gasteiger partial charge in [-0.25, -0.2) is 0 Å². The van der Waals surface area contributed by atoms with Crippen LogP contribution in [0.4, 0.5) is 5.69 Å². The molecule has 5 nitrogen and oxygen atoms in total. The second-order valence-electron chi connectivity index (χ2n) is 4.46. The number of para-hydroxylation sites is 1. The van der Waals surface area contributed by atoms with Crippen LogP contribution in [-0.2, 0) is 0 Å². The average Bonchev–Trinajstić information content (AvgIpc) is 2.32. The lowest BCUT2D eigenvalue weighted by Gasteiger charge is -2.29. The summed E-state index contributed by atoms with van der Waals surface area (Å²) in [6.45, 7) is 1.89. The summed E-state index contributed by atoms with van der Waals surface area (Å²) in [6.07, 6.45) is 1.78. The molecule has 1 saturated heterocycles. The fourth-order valence-corrected chi connectivity index (χ4v) is 2.29. The van der Waals surface area contributed by atoms with Crippen molar-refractivity contribution in [2.24, 2.45) is 0 Å². The largest absolute Gasteiger partial charge is 0.483 e. The van der Waals surface area contributed by atoms with Crippen LogP contribution >= 0.6 is 11.6 Å². The lowest BCUT2D eigenvalue weighted by atomic mass is 10.1. The minimum absolute atomic E-state index is 0.0263. The van der Waals surface area contributed by atoms with E-state index < -0.39 is 4.92 Å². The van der Waals surface area contributed by atoms with Gasteiger partial charge < -0.3 is 9.64 Å². The molecular formula is C12H15ClN2O3. The number of halogens is 1. The van der Waals surface area contributed by atoms with Gasteiger partial charge >= 0.3 is 5.69 Å². The van der Waals surface area contributed by atoms with Gasteiger partial charge in [0, 0.05) is 13.1 Å². The first-order chi connectivity index (χ1) is 8.58. The Kier molecular flexibility index (Phi) is 4.04. The molecule has 0 unspecified atom stereocenters. The summed E-state index contributed by atoms with van der Waals surface area (Å²) < 4.78 is 5.72. The van der Waals surface area contributed by atoms with Crippen LogP contribution in [0, 0.1) is 10.1 Å². The second-order valence-corrected chi connectivity index (χ2v) is 4.87. The van der Waals surface area contributed by atoms with Crippen molar-refractivity contribution in [3.8, 4) is 5.75 Å². The second kappa shape index (κ2) is 5.54. The van der Waals surface area contributed by atoms with E-state index in [1.54, 1.807) is 12.1 Å². The summed E-state index contributed by atoms with van der Waals surface area (Å²) in [7, 11) is 2.05. The Hall–Kier alpha value is -1.33. The van der Waals surface area contributed by atoms with E-state index in [1.165, 1.54) is 6.07 Å². The van der Waals surface area contributed by atoms with Gasteiger partial charge in [-0.05, 0) is 32.0 Å². The van der Waals surface area contributed by atoms with Crippen LogP contribution < -0.4 is 4.74 Å².